The van der Waals surface area contributed by atoms with Crippen molar-refractivity contribution in [2.45, 2.75) is 31.8 Å². The van der Waals surface area contributed by atoms with Gasteiger partial charge >= 0.3 is 0 Å². The number of Topliss-reactive ketones (excluding diaryl/α,β-unsaturated/α-hetero) is 1. The molecular weight excluding hydrogens is 226 g/mol. The van der Waals surface area contributed by atoms with E-state index in [1.807, 2.05) is 0 Å². The van der Waals surface area contributed by atoms with Crippen LogP contribution in [0.2, 0.25) is 0 Å². The summed E-state index contributed by atoms with van der Waals surface area (Å²) in [7, 11) is 0. The molecule has 1 heterocycles. The standard InChI is InChI=1S/C13H14F2O2/c14-9-4-5-12(15)11(7-9)13(16)8-10-3-1-2-6-17-10/h4-5,7,10H,1-3,6,8H2. The molecule has 2 nitrogen and oxygen atoms in total. The zero-order valence-electron chi connectivity index (χ0n) is 9.42. The van der Waals surface area contributed by atoms with Gasteiger partial charge in [-0.1, -0.05) is 0 Å². The molecule has 1 aromatic rings. The van der Waals surface area contributed by atoms with Gasteiger partial charge < -0.3 is 4.74 Å². The molecule has 0 radical (unpaired) electrons. The van der Waals surface area contributed by atoms with Gasteiger partial charge in [0.25, 0.3) is 0 Å². The predicted octanol–water partition coefficient (Wildman–Crippen LogP) is 3.11. The van der Waals surface area contributed by atoms with Crippen LogP contribution in [0.4, 0.5) is 8.78 Å². The average molecular weight is 240 g/mol. The Morgan fingerprint density at radius 3 is 2.88 bits per heavy atom. The molecule has 1 fully saturated rings. The van der Waals surface area contributed by atoms with Gasteiger partial charge in [-0.2, -0.15) is 0 Å². The highest BCUT2D eigenvalue weighted by Gasteiger charge is 2.20. The number of benzene rings is 1. The second kappa shape index (κ2) is 5.36. The Labute approximate surface area is 98.6 Å². The number of carbonyl (C=O) groups is 1. The van der Waals surface area contributed by atoms with Crippen LogP contribution in [0.5, 0.6) is 0 Å². The number of hydrogen-bond donors (Lipinski definition) is 0. The SMILES string of the molecule is O=C(CC1CCCCO1)c1cc(F)ccc1F. The van der Waals surface area contributed by atoms with E-state index < -0.39 is 17.4 Å². The minimum Gasteiger partial charge on any atom is -0.378 e. The molecule has 1 atom stereocenters. The van der Waals surface area contributed by atoms with Gasteiger partial charge in [-0.05, 0) is 37.5 Å². The maximum Gasteiger partial charge on any atom is 0.168 e. The lowest BCUT2D eigenvalue weighted by Gasteiger charge is -2.21. The summed E-state index contributed by atoms with van der Waals surface area (Å²) in [5, 5.41) is 0. The number of carbonyl (C=O) groups excluding carboxylic acids is 1. The van der Waals surface area contributed by atoms with Gasteiger partial charge in [-0.25, -0.2) is 8.78 Å². The molecule has 0 amide bonds. The minimum atomic E-state index is -0.674. The fraction of sp³-hybridized carbons (Fsp3) is 0.462. The van der Waals surface area contributed by atoms with Crippen LogP contribution in [0.1, 0.15) is 36.0 Å². The summed E-state index contributed by atoms with van der Waals surface area (Å²) in [5.74, 6) is -1.67. The van der Waals surface area contributed by atoms with Crippen LogP contribution in [0, 0.1) is 11.6 Å². The van der Waals surface area contributed by atoms with E-state index in [0.29, 0.717) is 6.61 Å². The van der Waals surface area contributed by atoms with E-state index in [1.54, 1.807) is 0 Å². The number of ketones is 1. The van der Waals surface area contributed by atoms with Gasteiger partial charge in [0, 0.05) is 13.0 Å². The molecule has 1 aliphatic rings. The highest BCUT2D eigenvalue weighted by Crippen LogP contribution is 2.19. The predicted molar refractivity (Wildman–Crippen MR) is 58.9 cm³/mol. The Hall–Kier alpha value is -1.29. The Kier molecular flexibility index (Phi) is 3.84. The molecule has 1 saturated heterocycles. The van der Waals surface area contributed by atoms with Crippen LogP contribution >= 0.6 is 0 Å². The molecule has 17 heavy (non-hydrogen) atoms. The Bertz CT molecular complexity index is 412. The van der Waals surface area contributed by atoms with Crippen LogP contribution in [0.25, 0.3) is 0 Å². The molecule has 1 aromatic carbocycles. The third kappa shape index (κ3) is 3.09. The van der Waals surface area contributed by atoms with Gasteiger partial charge in [0.15, 0.2) is 5.78 Å². The van der Waals surface area contributed by atoms with Crippen LogP contribution in [-0.2, 0) is 4.74 Å². The van der Waals surface area contributed by atoms with Crippen molar-refractivity contribution in [3.63, 3.8) is 0 Å². The van der Waals surface area contributed by atoms with Gasteiger partial charge in [0.2, 0.25) is 0 Å². The number of halogens is 2. The van der Waals surface area contributed by atoms with Crippen molar-refractivity contribution in [2.75, 3.05) is 6.61 Å². The number of ether oxygens (including phenoxy) is 1. The van der Waals surface area contributed by atoms with Crippen molar-refractivity contribution in [3.8, 4) is 0 Å². The summed E-state index contributed by atoms with van der Waals surface area (Å²) in [5.41, 5.74) is -0.181. The Morgan fingerprint density at radius 2 is 2.18 bits per heavy atom. The smallest absolute Gasteiger partial charge is 0.168 e. The highest BCUT2D eigenvalue weighted by molar-refractivity contribution is 5.96. The summed E-state index contributed by atoms with van der Waals surface area (Å²) >= 11 is 0. The summed E-state index contributed by atoms with van der Waals surface area (Å²) in [6, 6.07) is 2.92. The van der Waals surface area contributed by atoms with Crippen LogP contribution in [-0.4, -0.2) is 18.5 Å². The van der Waals surface area contributed by atoms with Crippen molar-refractivity contribution in [1.82, 2.24) is 0 Å². The lowest BCUT2D eigenvalue weighted by Crippen LogP contribution is -2.22. The molecule has 92 valence electrons. The maximum absolute atomic E-state index is 13.3. The monoisotopic (exact) mass is 240 g/mol. The summed E-state index contributed by atoms with van der Waals surface area (Å²) in [6.07, 6.45) is 2.80. The van der Waals surface area contributed by atoms with Crippen LogP contribution in [0.3, 0.4) is 0 Å². The number of rotatable bonds is 3. The second-order valence-corrected chi connectivity index (χ2v) is 4.24. The first-order chi connectivity index (χ1) is 8.16. The normalized spacial score (nSPS) is 20.2. The average Bonchev–Trinajstić information content (AvgIpc) is 2.33. The van der Waals surface area contributed by atoms with E-state index in [4.69, 9.17) is 4.74 Å². The van der Waals surface area contributed by atoms with E-state index in [0.717, 1.165) is 37.5 Å². The van der Waals surface area contributed by atoms with Crippen molar-refractivity contribution in [2.24, 2.45) is 0 Å². The summed E-state index contributed by atoms with van der Waals surface area (Å²) < 4.78 is 31.7. The van der Waals surface area contributed by atoms with Crippen molar-refractivity contribution >= 4 is 5.78 Å². The molecule has 1 aliphatic heterocycles. The number of hydrogen-bond acceptors (Lipinski definition) is 2. The van der Waals surface area contributed by atoms with E-state index in [2.05, 4.69) is 0 Å². The molecule has 0 bridgehead atoms. The third-order valence-corrected chi connectivity index (χ3v) is 2.92. The van der Waals surface area contributed by atoms with Gasteiger partial charge in [0.1, 0.15) is 11.6 Å². The molecule has 4 heteroatoms. The summed E-state index contributed by atoms with van der Waals surface area (Å²) in [6.45, 7) is 0.642. The van der Waals surface area contributed by atoms with Gasteiger partial charge in [0.05, 0.1) is 11.7 Å². The first-order valence-electron chi connectivity index (χ1n) is 5.76. The fourth-order valence-corrected chi connectivity index (χ4v) is 2.00. The van der Waals surface area contributed by atoms with E-state index in [9.17, 15) is 13.6 Å². The molecular formula is C13H14F2O2. The lowest BCUT2D eigenvalue weighted by molar-refractivity contribution is 0.0128. The van der Waals surface area contributed by atoms with Crippen LogP contribution in [0.15, 0.2) is 18.2 Å². The largest absolute Gasteiger partial charge is 0.378 e. The molecule has 0 saturated carbocycles. The molecule has 1 unspecified atom stereocenters. The van der Waals surface area contributed by atoms with Crippen molar-refractivity contribution in [3.05, 3.63) is 35.4 Å². The first kappa shape index (κ1) is 12.2. The second-order valence-electron chi connectivity index (χ2n) is 4.24. The topological polar surface area (TPSA) is 26.3 Å². The fourth-order valence-electron chi connectivity index (χ4n) is 2.00. The molecule has 0 N–H and O–H groups in total. The van der Waals surface area contributed by atoms with E-state index in [1.165, 1.54) is 0 Å². The van der Waals surface area contributed by atoms with Gasteiger partial charge in [-0.15, -0.1) is 0 Å². The zero-order chi connectivity index (χ0) is 12.3. The first-order valence-corrected chi connectivity index (χ1v) is 5.76. The zero-order valence-corrected chi connectivity index (χ0v) is 9.42. The van der Waals surface area contributed by atoms with Crippen molar-refractivity contribution in [1.29, 1.82) is 0 Å². The van der Waals surface area contributed by atoms with E-state index in [-0.39, 0.29) is 18.1 Å². The molecule has 0 aliphatic carbocycles. The highest BCUT2D eigenvalue weighted by atomic mass is 19.1. The molecule has 0 aromatic heterocycles. The summed E-state index contributed by atoms with van der Waals surface area (Å²) in [4.78, 5) is 11.8. The van der Waals surface area contributed by atoms with Crippen molar-refractivity contribution < 1.29 is 18.3 Å². The Morgan fingerprint density at radius 1 is 1.35 bits per heavy atom. The molecule has 0 spiro atoms. The minimum absolute atomic E-state index is 0.125. The van der Waals surface area contributed by atoms with Gasteiger partial charge in [-0.3, -0.25) is 4.79 Å². The maximum atomic E-state index is 13.3. The van der Waals surface area contributed by atoms with Crippen LogP contribution < -0.4 is 0 Å². The van der Waals surface area contributed by atoms with E-state index >= 15 is 0 Å². The lowest BCUT2D eigenvalue weighted by atomic mass is 10.00. The Balaban J connectivity index is 2.05. The third-order valence-electron chi connectivity index (χ3n) is 2.92. The molecule has 2 rings (SSSR count). The quantitative estimate of drug-likeness (QED) is 0.759.